The number of rotatable bonds is 3. The van der Waals surface area contributed by atoms with Crippen LogP contribution in [0.5, 0.6) is 0 Å². The van der Waals surface area contributed by atoms with Gasteiger partial charge in [0.15, 0.2) is 0 Å². The highest BCUT2D eigenvalue weighted by molar-refractivity contribution is 5.94. The first-order valence-corrected chi connectivity index (χ1v) is 7.52. The Morgan fingerprint density at radius 2 is 2.08 bits per heavy atom. The Balaban J connectivity index is 1.50. The van der Waals surface area contributed by atoms with Gasteiger partial charge in [0.05, 0.1) is 11.5 Å². The molecule has 1 aromatic carbocycles. The monoisotopic (exact) mass is 335 g/mol. The van der Waals surface area contributed by atoms with E-state index in [0.717, 1.165) is 0 Å². The minimum absolute atomic E-state index is 0.0890. The molecule has 2 saturated carbocycles. The minimum Gasteiger partial charge on any atom is -0.480 e. The van der Waals surface area contributed by atoms with Gasteiger partial charge in [0.2, 0.25) is 0 Å². The first kappa shape index (κ1) is 15.1. The van der Waals surface area contributed by atoms with Crippen molar-refractivity contribution in [1.29, 1.82) is 0 Å². The number of cyclic esters (lactones) is 1. The number of halogens is 1. The number of carboxylic acids is 1. The third kappa shape index (κ3) is 1.83. The fourth-order valence-electron chi connectivity index (χ4n) is 3.94. The summed E-state index contributed by atoms with van der Waals surface area (Å²) < 4.78 is 24.1. The molecule has 0 bridgehead atoms. The van der Waals surface area contributed by atoms with Crippen molar-refractivity contribution in [2.75, 3.05) is 0 Å². The standard InChI is InChI=1S/C16H14FNO6/c17-9-5-8-10(11(8)16(9,18)15(21)22)13(20)24-14-7-4-2-1-3-6(7)12(19)23-14/h1-4,8-11,14H,5,18H2,(H,21,22)/t8-,9-,10-,11-,14?,16-/m0/s1. The number of ether oxygens (including phenoxy) is 2. The van der Waals surface area contributed by atoms with Gasteiger partial charge in [-0.05, 0) is 18.4 Å². The number of carbonyl (C=O) groups is 3. The van der Waals surface area contributed by atoms with E-state index in [1.807, 2.05) is 0 Å². The Hall–Kier alpha value is -2.48. The molecule has 2 aliphatic carbocycles. The molecule has 7 nitrogen and oxygen atoms in total. The lowest BCUT2D eigenvalue weighted by molar-refractivity contribution is -0.171. The van der Waals surface area contributed by atoms with Crippen molar-refractivity contribution < 1.29 is 33.4 Å². The number of nitrogens with two attached hydrogens (primary N) is 1. The fourth-order valence-corrected chi connectivity index (χ4v) is 3.94. The normalized spacial score (nSPS) is 38.9. The smallest absolute Gasteiger partial charge is 0.342 e. The van der Waals surface area contributed by atoms with E-state index in [9.17, 15) is 23.9 Å². The molecule has 0 spiro atoms. The van der Waals surface area contributed by atoms with Crippen LogP contribution in [-0.4, -0.2) is 34.7 Å². The predicted molar refractivity (Wildman–Crippen MR) is 75.2 cm³/mol. The molecule has 6 atom stereocenters. The molecule has 0 aromatic heterocycles. The number of alkyl halides is 1. The van der Waals surface area contributed by atoms with E-state index in [-0.39, 0.29) is 6.42 Å². The molecular formula is C16H14FNO6. The van der Waals surface area contributed by atoms with Crippen LogP contribution in [0.3, 0.4) is 0 Å². The molecule has 8 heteroatoms. The number of hydrogen-bond acceptors (Lipinski definition) is 6. The topological polar surface area (TPSA) is 116 Å². The fraction of sp³-hybridized carbons (Fsp3) is 0.438. The van der Waals surface area contributed by atoms with E-state index in [1.54, 1.807) is 24.3 Å². The highest BCUT2D eigenvalue weighted by Gasteiger charge is 2.75. The summed E-state index contributed by atoms with van der Waals surface area (Å²) in [6.45, 7) is 0. The Kier molecular flexibility index (Phi) is 2.99. The second-order valence-electron chi connectivity index (χ2n) is 6.42. The zero-order chi connectivity index (χ0) is 17.2. The molecule has 4 rings (SSSR count). The van der Waals surface area contributed by atoms with E-state index in [0.29, 0.717) is 11.1 Å². The summed E-state index contributed by atoms with van der Waals surface area (Å²) in [5, 5.41) is 9.20. The summed E-state index contributed by atoms with van der Waals surface area (Å²) in [7, 11) is 0. The van der Waals surface area contributed by atoms with Crippen LogP contribution >= 0.6 is 0 Å². The lowest BCUT2D eigenvalue weighted by atomic mass is 9.90. The zero-order valence-corrected chi connectivity index (χ0v) is 12.3. The average molecular weight is 335 g/mol. The van der Waals surface area contributed by atoms with E-state index in [1.165, 1.54) is 0 Å². The van der Waals surface area contributed by atoms with Crippen molar-refractivity contribution in [3.63, 3.8) is 0 Å². The summed E-state index contributed by atoms with van der Waals surface area (Å²) >= 11 is 0. The molecule has 2 fully saturated rings. The maximum Gasteiger partial charge on any atom is 0.342 e. The highest BCUT2D eigenvalue weighted by Crippen LogP contribution is 2.63. The van der Waals surface area contributed by atoms with Gasteiger partial charge in [-0.25, -0.2) is 9.18 Å². The van der Waals surface area contributed by atoms with Crippen molar-refractivity contribution in [2.45, 2.75) is 24.4 Å². The summed E-state index contributed by atoms with van der Waals surface area (Å²) in [4.78, 5) is 35.3. The van der Waals surface area contributed by atoms with Crippen molar-refractivity contribution in [1.82, 2.24) is 0 Å². The number of carboxylic acid groups (broad SMARTS) is 1. The second-order valence-corrected chi connectivity index (χ2v) is 6.42. The van der Waals surface area contributed by atoms with E-state index in [4.69, 9.17) is 15.2 Å². The van der Waals surface area contributed by atoms with Crippen LogP contribution in [0, 0.1) is 17.8 Å². The largest absolute Gasteiger partial charge is 0.480 e. The van der Waals surface area contributed by atoms with Crippen LogP contribution in [0.1, 0.15) is 28.6 Å². The Morgan fingerprint density at radius 3 is 2.79 bits per heavy atom. The quantitative estimate of drug-likeness (QED) is 0.784. The molecule has 1 heterocycles. The van der Waals surface area contributed by atoms with Crippen molar-refractivity contribution >= 4 is 17.9 Å². The van der Waals surface area contributed by atoms with Gasteiger partial charge in [0.25, 0.3) is 6.29 Å². The van der Waals surface area contributed by atoms with Gasteiger partial charge in [-0.2, -0.15) is 0 Å². The third-order valence-electron chi connectivity index (χ3n) is 5.23. The minimum atomic E-state index is -2.07. The van der Waals surface area contributed by atoms with E-state index < -0.39 is 53.7 Å². The molecule has 1 aliphatic heterocycles. The first-order valence-electron chi connectivity index (χ1n) is 7.52. The number of benzene rings is 1. The maximum atomic E-state index is 13.9. The van der Waals surface area contributed by atoms with Gasteiger partial charge in [-0.3, -0.25) is 9.59 Å². The van der Waals surface area contributed by atoms with Crippen LogP contribution in [0.4, 0.5) is 4.39 Å². The van der Waals surface area contributed by atoms with Crippen LogP contribution in [0.15, 0.2) is 24.3 Å². The molecular weight excluding hydrogens is 321 g/mol. The molecule has 126 valence electrons. The number of carbonyl (C=O) groups excluding carboxylic acids is 2. The average Bonchev–Trinajstić information content (AvgIpc) is 3.09. The summed E-state index contributed by atoms with van der Waals surface area (Å²) in [6, 6.07) is 6.50. The van der Waals surface area contributed by atoms with Gasteiger partial charge in [0, 0.05) is 11.5 Å². The SMILES string of the molecule is N[C@]1(C(=O)O)[C@H]2[C@@H](C[C@@H]1F)[C@@H]2C(=O)OC1OC(=O)c2ccccc21. The van der Waals surface area contributed by atoms with Crippen LogP contribution in [-0.2, 0) is 19.1 Å². The molecule has 1 aromatic rings. The number of aliphatic carboxylic acids is 1. The molecule has 0 radical (unpaired) electrons. The van der Waals surface area contributed by atoms with E-state index in [2.05, 4.69) is 0 Å². The molecule has 24 heavy (non-hydrogen) atoms. The van der Waals surface area contributed by atoms with Crippen LogP contribution in [0.25, 0.3) is 0 Å². The summed E-state index contributed by atoms with van der Waals surface area (Å²) in [5.74, 6) is -4.82. The van der Waals surface area contributed by atoms with Crippen LogP contribution in [0.2, 0.25) is 0 Å². The predicted octanol–water partition coefficient (Wildman–Crippen LogP) is 0.785. The van der Waals surface area contributed by atoms with Crippen LogP contribution < -0.4 is 5.73 Å². The van der Waals surface area contributed by atoms with Crippen molar-refractivity contribution in [3.8, 4) is 0 Å². The van der Waals surface area contributed by atoms with E-state index >= 15 is 0 Å². The summed E-state index contributed by atoms with van der Waals surface area (Å²) in [5.41, 5.74) is 4.37. The lowest BCUT2D eigenvalue weighted by Gasteiger charge is -2.25. The molecule has 1 unspecified atom stereocenters. The Bertz CT molecular complexity index is 767. The zero-order valence-electron chi connectivity index (χ0n) is 12.3. The second kappa shape index (κ2) is 4.76. The van der Waals surface area contributed by atoms with Gasteiger partial charge < -0.3 is 20.3 Å². The molecule has 3 N–H and O–H groups in total. The highest BCUT2D eigenvalue weighted by atomic mass is 19.1. The molecule has 0 amide bonds. The van der Waals surface area contributed by atoms with Crippen molar-refractivity contribution in [3.05, 3.63) is 35.4 Å². The van der Waals surface area contributed by atoms with Gasteiger partial charge in [0.1, 0.15) is 11.7 Å². The van der Waals surface area contributed by atoms with Gasteiger partial charge in [-0.15, -0.1) is 0 Å². The van der Waals surface area contributed by atoms with Gasteiger partial charge >= 0.3 is 17.9 Å². The Morgan fingerprint density at radius 1 is 1.38 bits per heavy atom. The first-order chi connectivity index (χ1) is 11.4. The lowest BCUT2D eigenvalue weighted by Crippen LogP contribution is -2.56. The number of fused-ring (bicyclic) bond motifs is 2. The molecule has 0 saturated heterocycles. The third-order valence-corrected chi connectivity index (χ3v) is 5.23. The Labute approximate surface area is 135 Å². The number of esters is 2. The van der Waals surface area contributed by atoms with Gasteiger partial charge in [-0.1, -0.05) is 18.2 Å². The number of hydrogen-bond donors (Lipinski definition) is 2. The van der Waals surface area contributed by atoms with Crippen molar-refractivity contribution in [2.24, 2.45) is 23.5 Å². The maximum absolute atomic E-state index is 13.9. The summed E-state index contributed by atoms with van der Waals surface area (Å²) in [6.07, 6.45) is -2.95. The molecule has 3 aliphatic rings.